The first-order valence-corrected chi connectivity index (χ1v) is 7.03. The van der Waals surface area contributed by atoms with Crippen molar-refractivity contribution in [1.82, 2.24) is 4.98 Å². The molecule has 0 spiro atoms. The molecule has 0 aliphatic carbocycles. The zero-order valence-electron chi connectivity index (χ0n) is 11.6. The summed E-state index contributed by atoms with van der Waals surface area (Å²) in [5.41, 5.74) is 1.58. The number of hydrogen-bond acceptors (Lipinski definition) is 4. The molecule has 104 valence electrons. The van der Waals surface area contributed by atoms with Crippen molar-refractivity contribution in [2.45, 2.75) is 19.4 Å². The van der Waals surface area contributed by atoms with Crippen LogP contribution in [0, 0.1) is 0 Å². The first kappa shape index (κ1) is 13.1. The van der Waals surface area contributed by atoms with E-state index in [0.29, 0.717) is 12.2 Å². The Bertz CT molecular complexity index is 627. The third-order valence-corrected chi connectivity index (χ3v) is 3.75. The maximum absolute atomic E-state index is 11.4. The van der Waals surface area contributed by atoms with Crippen LogP contribution in [-0.4, -0.2) is 37.1 Å². The number of rotatable bonds is 3. The Morgan fingerprint density at radius 2 is 2.30 bits per heavy atom. The third kappa shape index (κ3) is 2.39. The minimum Gasteiger partial charge on any atom is -0.375 e. The van der Waals surface area contributed by atoms with E-state index in [1.807, 2.05) is 30.3 Å². The van der Waals surface area contributed by atoms with Crippen LogP contribution in [0.4, 0.5) is 5.82 Å². The van der Waals surface area contributed by atoms with Crippen LogP contribution in [0.1, 0.15) is 23.7 Å². The Morgan fingerprint density at radius 1 is 1.45 bits per heavy atom. The highest BCUT2D eigenvalue weighted by atomic mass is 16.5. The Morgan fingerprint density at radius 3 is 3.10 bits per heavy atom. The minimum atomic E-state index is 0.219. The summed E-state index contributed by atoms with van der Waals surface area (Å²) < 4.78 is 5.68. The lowest BCUT2D eigenvalue weighted by Gasteiger charge is -2.34. The second-order valence-corrected chi connectivity index (χ2v) is 5.06. The molecule has 3 rings (SSSR count). The summed E-state index contributed by atoms with van der Waals surface area (Å²) in [6.45, 7) is 4.37. The molecule has 1 aromatic heterocycles. The van der Waals surface area contributed by atoms with Crippen LogP contribution in [0.3, 0.4) is 0 Å². The van der Waals surface area contributed by atoms with Gasteiger partial charge in [-0.05, 0) is 18.6 Å². The number of benzene rings is 1. The summed E-state index contributed by atoms with van der Waals surface area (Å²) in [6, 6.07) is 9.80. The van der Waals surface area contributed by atoms with E-state index in [-0.39, 0.29) is 6.10 Å². The number of aldehydes is 1. The van der Waals surface area contributed by atoms with Crippen LogP contribution in [0.2, 0.25) is 0 Å². The smallest absolute Gasteiger partial charge is 0.153 e. The molecule has 2 heterocycles. The van der Waals surface area contributed by atoms with Crippen LogP contribution in [-0.2, 0) is 4.74 Å². The van der Waals surface area contributed by atoms with Crippen molar-refractivity contribution < 1.29 is 9.53 Å². The fourth-order valence-corrected chi connectivity index (χ4v) is 2.62. The van der Waals surface area contributed by atoms with Gasteiger partial charge in [0, 0.05) is 18.5 Å². The van der Waals surface area contributed by atoms with Crippen LogP contribution < -0.4 is 4.90 Å². The average Bonchev–Trinajstić information content (AvgIpc) is 2.53. The van der Waals surface area contributed by atoms with Crippen LogP contribution >= 0.6 is 0 Å². The number of carbonyl (C=O) groups excluding carboxylic acids is 1. The number of aromatic nitrogens is 1. The Hall–Kier alpha value is -1.94. The number of morpholine rings is 1. The van der Waals surface area contributed by atoms with Crippen molar-refractivity contribution >= 4 is 23.0 Å². The second-order valence-electron chi connectivity index (χ2n) is 5.06. The van der Waals surface area contributed by atoms with Crippen molar-refractivity contribution in [3.63, 3.8) is 0 Å². The number of pyridine rings is 1. The lowest BCUT2D eigenvalue weighted by Crippen LogP contribution is -2.43. The lowest BCUT2D eigenvalue weighted by molar-refractivity contribution is 0.0381. The van der Waals surface area contributed by atoms with Gasteiger partial charge in [0.05, 0.1) is 23.8 Å². The summed E-state index contributed by atoms with van der Waals surface area (Å²) in [4.78, 5) is 18.2. The van der Waals surface area contributed by atoms with Gasteiger partial charge in [0.1, 0.15) is 5.82 Å². The largest absolute Gasteiger partial charge is 0.375 e. The van der Waals surface area contributed by atoms with Gasteiger partial charge in [0.2, 0.25) is 0 Å². The number of carbonyl (C=O) groups is 1. The first-order valence-electron chi connectivity index (χ1n) is 7.03. The maximum atomic E-state index is 11.4. The molecule has 1 aliphatic heterocycles. The molecule has 1 saturated heterocycles. The van der Waals surface area contributed by atoms with E-state index in [2.05, 4.69) is 16.8 Å². The molecule has 4 heteroatoms. The van der Waals surface area contributed by atoms with Gasteiger partial charge in [-0.1, -0.05) is 25.1 Å². The number of ether oxygens (including phenoxy) is 1. The molecule has 1 unspecified atom stereocenters. The Balaban J connectivity index is 2.02. The molecule has 0 saturated carbocycles. The highest BCUT2D eigenvalue weighted by molar-refractivity contribution is 5.91. The highest BCUT2D eigenvalue weighted by Gasteiger charge is 2.22. The molecule has 20 heavy (non-hydrogen) atoms. The van der Waals surface area contributed by atoms with Gasteiger partial charge in [-0.2, -0.15) is 0 Å². The van der Waals surface area contributed by atoms with Gasteiger partial charge < -0.3 is 9.64 Å². The molecule has 4 nitrogen and oxygen atoms in total. The monoisotopic (exact) mass is 270 g/mol. The maximum Gasteiger partial charge on any atom is 0.153 e. The summed E-state index contributed by atoms with van der Waals surface area (Å²) in [5.74, 6) is 0.778. The van der Waals surface area contributed by atoms with Crippen molar-refractivity contribution in [2.24, 2.45) is 0 Å². The first-order chi connectivity index (χ1) is 9.81. The second kappa shape index (κ2) is 5.59. The molecular weight excluding hydrogens is 252 g/mol. The van der Waals surface area contributed by atoms with Gasteiger partial charge in [-0.15, -0.1) is 0 Å². The van der Waals surface area contributed by atoms with Crippen molar-refractivity contribution in [3.8, 4) is 0 Å². The SMILES string of the molecule is CCC1CN(c2nc3ccccc3cc2C=O)CCO1. The molecule has 2 aromatic rings. The van der Waals surface area contributed by atoms with E-state index in [1.54, 1.807) is 0 Å². The van der Waals surface area contributed by atoms with Gasteiger partial charge in [0.25, 0.3) is 0 Å². The van der Waals surface area contributed by atoms with Crippen molar-refractivity contribution in [2.75, 3.05) is 24.6 Å². The van der Waals surface area contributed by atoms with E-state index in [9.17, 15) is 4.79 Å². The van der Waals surface area contributed by atoms with E-state index >= 15 is 0 Å². The topological polar surface area (TPSA) is 42.4 Å². The summed E-state index contributed by atoms with van der Waals surface area (Å²) in [6.07, 6.45) is 2.09. The zero-order valence-corrected chi connectivity index (χ0v) is 11.6. The van der Waals surface area contributed by atoms with Crippen LogP contribution in [0.5, 0.6) is 0 Å². The van der Waals surface area contributed by atoms with E-state index in [4.69, 9.17) is 4.74 Å². The van der Waals surface area contributed by atoms with Gasteiger partial charge >= 0.3 is 0 Å². The molecule has 1 aliphatic rings. The normalized spacial score (nSPS) is 19.2. The van der Waals surface area contributed by atoms with E-state index < -0.39 is 0 Å². The Labute approximate surface area is 118 Å². The standard InChI is InChI=1S/C16H18N2O2/c1-2-14-10-18(7-8-20-14)16-13(11-19)9-12-5-3-4-6-15(12)17-16/h3-6,9,11,14H,2,7-8,10H2,1H3. The summed E-state index contributed by atoms with van der Waals surface area (Å²) >= 11 is 0. The predicted octanol–water partition coefficient (Wildman–Crippen LogP) is 2.66. The molecule has 1 fully saturated rings. The van der Waals surface area contributed by atoms with Crippen molar-refractivity contribution in [1.29, 1.82) is 0 Å². The number of nitrogens with zero attached hydrogens (tertiary/aromatic N) is 2. The number of fused-ring (bicyclic) bond motifs is 1. The highest BCUT2D eigenvalue weighted by Crippen LogP contribution is 2.24. The van der Waals surface area contributed by atoms with E-state index in [0.717, 1.165) is 42.5 Å². The number of hydrogen-bond donors (Lipinski definition) is 0. The lowest BCUT2D eigenvalue weighted by atomic mass is 10.1. The molecule has 0 radical (unpaired) electrons. The molecule has 0 N–H and O–H groups in total. The van der Waals surface area contributed by atoms with Gasteiger partial charge in [0.15, 0.2) is 6.29 Å². The fraction of sp³-hybridized carbons (Fsp3) is 0.375. The molecule has 1 atom stereocenters. The Kier molecular flexibility index (Phi) is 3.65. The number of anilines is 1. The van der Waals surface area contributed by atoms with Gasteiger partial charge in [-0.25, -0.2) is 4.98 Å². The molecule has 0 amide bonds. The summed E-state index contributed by atoms with van der Waals surface area (Å²) in [5, 5.41) is 0.999. The molecule has 0 bridgehead atoms. The van der Waals surface area contributed by atoms with Gasteiger partial charge in [-0.3, -0.25) is 4.79 Å². The third-order valence-electron chi connectivity index (χ3n) is 3.75. The fourth-order valence-electron chi connectivity index (χ4n) is 2.62. The summed E-state index contributed by atoms with van der Waals surface area (Å²) in [7, 11) is 0. The van der Waals surface area contributed by atoms with Crippen molar-refractivity contribution in [3.05, 3.63) is 35.9 Å². The minimum absolute atomic E-state index is 0.219. The number of para-hydroxylation sites is 1. The molecule has 1 aromatic carbocycles. The van der Waals surface area contributed by atoms with Crippen LogP contribution in [0.15, 0.2) is 30.3 Å². The molecular formula is C16H18N2O2. The quantitative estimate of drug-likeness (QED) is 0.804. The van der Waals surface area contributed by atoms with Crippen LogP contribution in [0.25, 0.3) is 10.9 Å². The zero-order chi connectivity index (χ0) is 13.9. The van der Waals surface area contributed by atoms with E-state index in [1.165, 1.54) is 0 Å². The average molecular weight is 270 g/mol. The predicted molar refractivity (Wildman–Crippen MR) is 79.4 cm³/mol.